The second-order valence-electron chi connectivity index (χ2n) is 5.56. The lowest BCUT2D eigenvalue weighted by molar-refractivity contribution is 0.515. The lowest BCUT2D eigenvalue weighted by atomic mass is 10.0. The predicted octanol–water partition coefficient (Wildman–Crippen LogP) is 4.05. The molecule has 3 nitrogen and oxygen atoms in total. The minimum Gasteiger partial charge on any atom is -0.207 e. The summed E-state index contributed by atoms with van der Waals surface area (Å²) in [5, 5.41) is 0.544. The van der Waals surface area contributed by atoms with E-state index in [-0.39, 0.29) is 5.92 Å². The van der Waals surface area contributed by atoms with E-state index in [2.05, 4.69) is 4.72 Å². The van der Waals surface area contributed by atoms with Crippen molar-refractivity contribution in [1.29, 1.82) is 0 Å². The molecule has 0 heterocycles. The summed E-state index contributed by atoms with van der Waals surface area (Å²) < 4.78 is 54.5. The van der Waals surface area contributed by atoms with Crippen molar-refractivity contribution in [2.75, 3.05) is 0 Å². The first-order chi connectivity index (χ1) is 10.9. The standard InChI is InChI=1S/C16H14ClF2NO2S/c17-12-5-3-11(4-6-12)16(10-1-2-10)20-23(21,22)15-9-13(18)7-8-14(15)19/h3-10,16,20H,1-2H2. The smallest absolute Gasteiger partial charge is 0.207 e. The summed E-state index contributed by atoms with van der Waals surface area (Å²) in [6, 6.07) is 8.69. The molecule has 122 valence electrons. The number of benzene rings is 2. The Kier molecular flexibility index (Phi) is 4.40. The molecule has 1 atom stereocenters. The van der Waals surface area contributed by atoms with Crippen LogP contribution < -0.4 is 4.72 Å². The van der Waals surface area contributed by atoms with E-state index in [0.717, 1.165) is 30.5 Å². The average Bonchev–Trinajstić information content (AvgIpc) is 3.33. The van der Waals surface area contributed by atoms with E-state index in [0.29, 0.717) is 11.1 Å². The Balaban J connectivity index is 1.93. The Bertz CT molecular complexity index is 820. The van der Waals surface area contributed by atoms with Gasteiger partial charge in [0.15, 0.2) is 0 Å². The van der Waals surface area contributed by atoms with Gasteiger partial charge in [-0.15, -0.1) is 0 Å². The summed E-state index contributed by atoms with van der Waals surface area (Å²) in [7, 11) is -4.17. The van der Waals surface area contributed by atoms with Gasteiger partial charge < -0.3 is 0 Å². The highest BCUT2D eigenvalue weighted by Crippen LogP contribution is 2.42. The van der Waals surface area contributed by atoms with Gasteiger partial charge in [-0.05, 0) is 54.7 Å². The SMILES string of the molecule is O=S(=O)(NC(c1ccc(Cl)cc1)C1CC1)c1cc(F)ccc1F. The van der Waals surface area contributed by atoms with Crippen molar-refractivity contribution in [2.24, 2.45) is 5.92 Å². The summed E-state index contributed by atoms with van der Waals surface area (Å²) in [6.07, 6.45) is 1.75. The maximum Gasteiger partial charge on any atom is 0.244 e. The number of hydrogen-bond donors (Lipinski definition) is 1. The molecule has 1 aliphatic rings. The molecule has 0 amide bonds. The molecule has 1 saturated carbocycles. The lowest BCUT2D eigenvalue weighted by Gasteiger charge is -2.19. The Hall–Kier alpha value is -1.50. The van der Waals surface area contributed by atoms with Crippen molar-refractivity contribution in [3.8, 4) is 0 Å². The third kappa shape index (κ3) is 3.71. The monoisotopic (exact) mass is 357 g/mol. The number of nitrogens with one attached hydrogen (secondary N) is 1. The van der Waals surface area contributed by atoms with Crippen molar-refractivity contribution >= 4 is 21.6 Å². The van der Waals surface area contributed by atoms with Gasteiger partial charge in [0, 0.05) is 11.1 Å². The van der Waals surface area contributed by atoms with Gasteiger partial charge >= 0.3 is 0 Å². The molecule has 0 saturated heterocycles. The van der Waals surface area contributed by atoms with Crippen molar-refractivity contribution in [1.82, 2.24) is 4.72 Å². The van der Waals surface area contributed by atoms with Crippen LogP contribution in [0.4, 0.5) is 8.78 Å². The summed E-state index contributed by atoms with van der Waals surface area (Å²) in [5.74, 6) is -1.65. The maximum atomic E-state index is 13.8. The Morgan fingerprint density at radius 3 is 2.35 bits per heavy atom. The summed E-state index contributed by atoms with van der Waals surface area (Å²) in [4.78, 5) is -0.683. The minimum atomic E-state index is -4.17. The molecule has 1 fully saturated rings. The number of halogens is 3. The van der Waals surface area contributed by atoms with Gasteiger partial charge in [0.25, 0.3) is 0 Å². The Labute approximate surface area is 138 Å². The molecule has 3 rings (SSSR count). The normalized spacial score (nSPS) is 16.3. The first-order valence-electron chi connectivity index (χ1n) is 7.10. The van der Waals surface area contributed by atoms with Crippen molar-refractivity contribution < 1.29 is 17.2 Å². The van der Waals surface area contributed by atoms with Crippen LogP contribution in [0.2, 0.25) is 5.02 Å². The van der Waals surface area contributed by atoms with Gasteiger partial charge in [-0.2, -0.15) is 0 Å². The number of rotatable bonds is 5. The summed E-state index contributed by atoms with van der Waals surface area (Å²) >= 11 is 5.85. The molecule has 0 radical (unpaired) electrons. The first-order valence-corrected chi connectivity index (χ1v) is 8.96. The van der Waals surface area contributed by atoms with E-state index in [1.54, 1.807) is 24.3 Å². The highest BCUT2D eigenvalue weighted by atomic mass is 35.5. The molecule has 0 aromatic heterocycles. The average molecular weight is 358 g/mol. The van der Waals surface area contributed by atoms with Crippen molar-refractivity contribution in [3.63, 3.8) is 0 Å². The first kappa shape index (κ1) is 16.4. The van der Waals surface area contributed by atoms with Gasteiger partial charge in [-0.3, -0.25) is 0 Å². The van der Waals surface area contributed by atoms with Crippen molar-refractivity contribution in [3.05, 3.63) is 64.7 Å². The summed E-state index contributed by atoms with van der Waals surface area (Å²) in [6.45, 7) is 0. The molecule has 1 aliphatic carbocycles. The van der Waals surface area contributed by atoms with Crippen LogP contribution in [0.15, 0.2) is 47.4 Å². The van der Waals surface area contributed by atoms with Crippen LogP contribution in [-0.2, 0) is 10.0 Å². The quantitative estimate of drug-likeness (QED) is 0.877. The van der Waals surface area contributed by atoms with E-state index in [1.807, 2.05) is 0 Å². The molecule has 2 aromatic rings. The second-order valence-corrected chi connectivity index (χ2v) is 7.68. The van der Waals surface area contributed by atoms with E-state index in [4.69, 9.17) is 11.6 Å². The maximum absolute atomic E-state index is 13.8. The minimum absolute atomic E-state index is 0.141. The molecular weight excluding hydrogens is 344 g/mol. The second kappa shape index (κ2) is 6.19. The Morgan fingerprint density at radius 2 is 1.74 bits per heavy atom. The van der Waals surface area contributed by atoms with Crippen LogP contribution in [0.3, 0.4) is 0 Å². The molecule has 1 unspecified atom stereocenters. The fourth-order valence-electron chi connectivity index (χ4n) is 2.45. The molecule has 23 heavy (non-hydrogen) atoms. The van der Waals surface area contributed by atoms with Crippen LogP contribution in [0.1, 0.15) is 24.4 Å². The summed E-state index contributed by atoms with van der Waals surface area (Å²) in [5.41, 5.74) is 0.747. The fourth-order valence-corrected chi connectivity index (χ4v) is 3.96. The zero-order valence-electron chi connectivity index (χ0n) is 12.0. The highest BCUT2D eigenvalue weighted by molar-refractivity contribution is 7.89. The molecular formula is C16H14ClF2NO2S. The lowest BCUT2D eigenvalue weighted by Crippen LogP contribution is -2.30. The third-order valence-corrected chi connectivity index (χ3v) is 5.50. The van der Waals surface area contributed by atoms with Gasteiger partial charge in [-0.25, -0.2) is 21.9 Å². The fraction of sp³-hybridized carbons (Fsp3) is 0.250. The van der Waals surface area contributed by atoms with E-state index >= 15 is 0 Å². The van der Waals surface area contributed by atoms with E-state index < -0.39 is 32.6 Å². The van der Waals surface area contributed by atoms with Crippen LogP contribution in [0.25, 0.3) is 0 Å². The van der Waals surface area contributed by atoms with Crippen LogP contribution in [0.5, 0.6) is 0 Å². The molecule has 2 aromatic carbocycles. The Morgan fingerprint density at radius 1 is 1.09 bits per heavy atom. The molecule has 0 spiro atoms. The van der Waals surface area contributed by atoms with Gasteiger partial charge in [0.1, 0.15) is 16.5 Å². The number of sulfonamides is 1. The van der Waals surface area contributed by atoms with Gasteiger partial charge in [0.2, 0.25) is 10.0 Å². The molecule has 7 heteroatoms. The topological polar surface area (TPSA) is 46.2 Å². The van der Waals surface area contributed by atoms with Crippen molar-refractivity contribution in [2.45, 2.75) is 23.8 Å². The predicted molar refractivity (Wildman–Crippen MR) is 83.6 cm³/mol. The third-order valence-electron chi connectivity index (χ3n) is 3.79. The van der Waals surface area contributed by atoms with Crippen LogP contribution in [0, 0.1) is 17.6 Å². The number of hydrogen-bond acceptors (Lipinski definition) is 2. The highest BCUT2D eigenvalue weighted by Gasteiger charge is 2.36. The van der Waals surface area contributed by atoms with Crippen LogP contribution >= 0.6 is 11.6 Å². The van der Waals surface area contributed by atoms with Crippen LogP contribution in [-0.4, -0.2) is 8.42 Å². The van der Waals surface area contributed by atoms with Gasteiger partial charge in [-0.1, -0.05) is 23.7 Å². The largest absolute Gasteiger partial charge is 0.244 e. The van der Waals surface area contributed by atoms with E-state index in [9.17, 15) is 17.2 Å². The zero-order chi connectivity index (χ0) is 16.6. The molecule has 0 aliphatic heterocycles. The molecule has 1 N–H and O–H groups in total. The zero-order valence-corrected chi connectivity index (χ0v) is 13.5. The van der Waals surface area contributed by atoms with Gasteiger partial charge in [0.05, 0.1) is 0 Å². The van der Waals surface area contributed by atoms with E-state index in [1.165, 1.54) is 0 Å². The molecule has 0 bridgehead atoms.